The van der Waals surface area contributed by atoms with Crippen LogP contribution in [0.3, 0.4) is 0 Å². The van der Waals surface area contributed by atoms with Crippen LogP contribution in [-0.2, 0) is 10.0 Å². The maximum Gasteiger partial charge on any atom is 0.255 e. The zero-order valence-corrected chi connectivity index (χ0v) is 16.1. The van der Waals surface area contributed by atoms with Gasteiger partial charge in [-0.3, -0.25) is 4.79 Å². The summed E-state index contributed by atoms with van der Waals surface area (Å²) in [4.78, 5) is 12.4. The van der Waals surface area contributed by atoms with E-state index in [-0.39, 0.29) is 16.8 Å². The quantitative estimate of drug-likeness (QED) is 0.816. The summed E-state index contributed by atoms with van der Waals surface area (Å²) in [5.41, 5.74) is 1.06. The maximum atomic E-state index is 12.4. The van der Waals surface area contributed by atoms with Crippen LogP contribution in [0, 0.1) is 0 Å². The van der Waals surface area contributed by atoms with E-state index < -0.39 is 10.0 Å². The lowest BCUT2D eigenvalue weighted by atomic mass is 10.2. The summed E-state index contributed by atoms with van der Waals surface area (Å²) in [5.74, 6) is -0.293. The van der Waals surface area contributed by atoms with Crippen molar-refractivity contribution in [2.45, 2.75) is 24.8 Å². The van der Waals surface area contributed by atoms with E-state index in [1.165, 1.54) is 35.6 Å². The molecule has 0 aromatic heterocycles. The van der Waals surface area contributed by atoms with Crippen molar-refractivity contribution in [2.24, 2.45) is 0 Å². The van der Waals surface area contributed by atoms with Crippen molar-refractivity contribution in [3.63, 3.8) is 0 Å². The van der Waals surface area contributed by atoms with Gasteiger partial charge in [0, 0.05) is 28.8 Å². The first-order valence-corrected chi connectivity index (χ1v) is 9.60. The zero-order chi connectivity index (χ0) is 17.9. The number of hydrogen-bond donors (Lipinski definition) is 1. The predicted molar refractivity (Wildman–Crippen MR) is 98.6 cm³/mol. The molecule has 0 heterocycles. The lowest BCUT2D eigenvalue weighted by Gasteiger charge is -2.21. The van der Waals surface area contributed by atoms with Gasteiger partial charge in [-0.05, 0) is 62.4 Å². The molecule has 0 radical (unpaired) electrons. The Morgan fingerprint density at radius 3 is 2.08 bits per heavy atom. The van der Waals surface area contributed by atoms with Crippen molar-refractivity contribution in [3.8, 4) is 0 Å². The van der Waals surface area contributed by atoms with Crippen molar-refractivity contribution in [1.82, 2.24) is 4.31 Å². The van der Waals surface area contributed by atoms with Gasteiger partial charge in [-0.25, -0.2) is 8.42 Å². The van der Waals surface area contributed by atoms with Crippen LogP contribution >= 0.6 is 15.9 Å². The van der Waals surface area contributed by atoms with E-state index in [2.05, 4.69) is 21.2 Å². The fourth-order valence-corrected chi connectivity index (χ4v) is 3.59. The molecule has 0 bridgehead atoms. The topological polar surface area (TPSA) is 66.5 Å². The molecule has 0 aliphatic heterocycles. The smallest absolute Gasteiger partial charge is 0.255 e. The van der Waals surface area contributed by atoms with Crippen LogP contribution in [0.5, 0.6) is 0 Å². The molecule has 0 aliphatic rings. The number of carbonyl (C=O) groups is 1. The molecule has 5 nitrogen and oxygen atoms in total. The summed E-state index contributed by atoms with van der Waals surface area (Å²) >= 11 is 3.33. The van der Waals surface area contributed by atoms with Crippen LogP contribution in [0.4, 0.5) is 5.69 Å². The third kappa shape index (κ3) is 4.23. The summed E-state index contributed by atoms with van der Waals surface area (Å²) in [6.45, 7) is 3.61. The van der Waals surface area contributed by atoms with Crippen molar-refractivity contribution in [3.05, 3.63) is 58.6 Å². The molecule has 2 rings (SSSR count). The second kappa shape index (κ2) is 7.46. The van der Waals surface area contributed by atoms with E-state index in [4.69, 9.17) is 0 Å². The highest BCUT2D eigenvalue weighted by Crippen LogP contribution is 2.18. The van der Waals surface area contributed by atoms with Gasteiger partial charge in [-0.15, -0.1) is 0 Å². The Kier molecular flexibility index (Phi) is 5.79. The minimum absolute atomic E-state index is 0.143. The molecule has 0 saturated carbocycles. The Balaban J connectivity index is 2.17. The van der Waals surface area contributed by atoms with Crippen LogP contribution < -0.4 is 5.32 Å². The van der Waals surface area contributed by atoms with E-state index in [0.717, 1.165) is 4.47 Å². The first kappa shape index (κ1) is 18.6. The summed E-state index contributed by atoms with van der Waals surface area (Å²) < 4.78 is 27.0. The van der Waals surface area contributed by atoms with Crippen molar-refractivity contribution in [2.75, 3.05) is 12.4 Å². The van der Waals surface area contributed by atoms with Gasteiger partial charge in [0.25, 0.3) is 5.91 Å². The predicted octanol–water partition coefficient (Wildman–Crippen LogP) is 3.73. The van der Waals surface area contributed by atoms with E-state index in [1.807, 2.05) is 12.1 Å². The third-order valence-electron chi connectivity index (χ3n) is 3.62. The summed E-state index contributed by atoms with van der Waals surface area (Å²) in [7, 11) is -2.01. The second-order valence-corrected chi connectivity index (χ2v) is 8.51. The Bertz CT molecular complexity index is 816. The van der Waals surface area contributed by atoms with Gasteiger partial charge < -0.3 is 5.32 Å². The number of carbonyl (C=O) groups excluding carboxylic acids is 1. The van der Waals surface area contributed by atoms with Crippen molar-refractivity contribution < 1.29 is 13.2 Å². The minimum atomic E-state index is -3.55. The van der Waals surface area contributed by atoms with Crippen molar-refractivity contribution in [1.29, 1.82) is 0 Å². The van der Waals surface area contributed by atoms with Gasteiger partial charge in [0.2, 0.25) is 10.0 Å². The molecule has 2 aromatic rings. The largest absolute Gasteiger partial charge is 0.322 e. The van der Waals surface area contributed by atoms with Crippen LogP contribution in [0.2, 0.25) is 0 Å². The average Bonchev–Trinajstić information content (AvgIpc) is 2.56. The molecule has 1 N–H and O–H groups in total. The van der Waals surface area contributed by atoms with E-state index >= 15 is 0 Å². The van der Waals surface area contributed by atoms with Crippen molar-refractivity contribution >= 4 is 37.5 Å². The summed E-state index contributed by atoms with van der Waals surface area (Å²) in [6, 6.07) is 13.0. The normalized spacial score (nSPS) is 11.8. The molecule has 7 heteroatoms. The number of hydrogen-bond acceptors (Lipinski definition) is 3. The van der Waals surface area contributed by atoms with Gasteiger partial charge in [0.1, 0.15) is 0 Å². The monoisotopic (exact) mass is 410 g/mol. The van der Waals surface area contributed by atoms with Gasteiger partial charge in [-0.2, -0.15) is 4.31 Å². The van der Waals surface area contributed by atoms with Gasteiger partial charge >= 0.3 is 0 Å². The number of halogens is 1. The third-order valence-corrected chi connectivity index (χ3v) is 6.20. The number of amides is 1. The molecule has 0 unspecified atom stereocenters. The Morgan fingerprint density at radius 1 is 1.04 bits per heavy atom. The van der Waals surface area contributed by atoms with E-state index in [1.54, 1.807) is 26.0 Å². The summed E-state index contributed by atoms with van der Waals surface area (Å²) in [5, 5.41) is 2.76. The lowest BCUT2D eigenvalue weighted by Crippen LogP contribution is -2.33. The SMILES string of the molecule is CC(C)N(C)S(=O)(=O)c1ccc(C(=O)Nc2ccc(Br)cc2)cc1. The molecule has 2 aromatic carbocycles. The number of benzene rings is 2. The fraction of sp³-hybridized carbons (Fsp3) is 0.235. The second-order valence-electron chi connectivity index (χ2n) is 5.60. The molecule has 0 aliphatic carbocycles. The Hall–Kier alpha value is -1.70. The van der Waals surface area contributed by atoms with Gasteiger partial charge in [0.05, 0.1) is 4.90 Å². The summed E-state index contributed by atoms with van der Waals surface area (Å²) in [6.07, 6.45) is 0. The van der Waals surface area contributed by atoms with Gasteiger partial charge in [-0.1, -0.05) is 15.9 Å². The minimum Gasteiger partial charge on any atom is -0.322 e. The maximum absolute atomic E-state index is 12.4. The van der Waals surface area contributed by atoms with E-state index in [0.29, 0.717) is 11.3 Å². The van der Waals surface area contributed by atoms with Crippen LogP contribution in [0.1, 0.15) is 24.2 Å². The highest BCUT2D eigenvalue weighted by molar-refractivity contribution is 9.10. The standard InChI is InChI=1S/C17H19BrN2O3S/c1-12(2)20(3)24(22,23)16-10-4-13(5-11-16)17(21)19-15-8-6-14(18)7-9-15/h4-12H,1-3H3,(H,19,21). The molecular weight excluding hydrogens is 392 g/mol. The molecule has 24 heavy (non-hydrogen) atoms. The highest BCUT2D eigenvalue weighted by Gasteiger charge is 2.23. The fourth-order valence-electron chi connectivity index (χ4n) is 1.96. The molecule has 1 amide bonds. The van der Waals surface area contributed by atoms with Crippen LogP contribution in [-0.4, -0.2) is 31.7 Å². The number of rotatable bonds is 5. The Morgan fingerprint density at radius 2 is 1.58 bits per heavy atom. The molecule has 128 valence electrons. The molecule has 0 fully saturated rings. The van der Waals surface area contributed by atoms with E-state index in [9.17, 15) is 13.2 Å². The zero-order valence-electron chi connectivity index (χ0n) is 13.7. The lowest BCUT2D eigenvalue weighted by molar-refractivity contribution is 0.102. The molecule has 0 saturated heterocycles. The number of nitrogens with one attached hydrogen (secondary N) is 1. The van der Waals surface area contributed by atoms with Gasteiger partial charge in [0.15, 0.2) is 0 Å². The molecule has 0 spiro atoms. The number of sulfonamides is 1. The molecular formula is C17H19BrN2O3S. The molecule has 0 atom stereocenters. The number of anilines is 1. The number of nitrogens with zero attached hydrogens (tertiary/aromatic N) is 1. The highest BCUT2D eigenvalue weighted by atomic mass is 79.9. The first-order chi connectivity index (χ1) is 11.2. The van der Waals surface area contributed by atoms with Crippen LogP contribution in [0.25, 0.3) is 0 Å². The Labute approximate surface area is 150 Å². The first-order valence-electron chi connectivity index (χ1n) is 7.37. The van der Waals surface area contributed by atoms with Crippen LogP contribution in [0.15, 0.2) is 57.9 Å². The average molecular weight is 411 g/mol.